The van der Waals surface area contributed by atoms with Crippen LogP contribution in [0.3, 0.4) is 0 Å². The van der Waals surface area contributed by atoms with E-state index in [1.54, 1.807) is 0 Å². The first-order valence-electron chi connectivity index (χ1n) is 5.00. The largest absolute Gasteiger partial charge is 0.308 e. The van der Waals surface area contributed by atoms with Gasteiger partial charge in [-0.25, -0.2) is 0 Å². The van der Waals surface area contributed by atoms with Crippen LogP contribution in [0.15, 0.2) is 0 Å². The topological polar surface area (TPSA) is 58.0 Å². The second kappa shape index (κ2) is 3.64. The maximum Gasteiger partial charge on any atom is 0.149 e. The van der Waals surface area contributed by atoms with E-state index in [4.69, 9.17) is 5.41 Å². The Kier molecular flexibility index (Phi) is 2.88. The molecule has 1 rings (SSSR count). The molecule has 0 aromatic carbocycles. The maximum atomic E-state index is 11.7. The number of hydrogen-bond acceptors (Lipinski definition) is 3. The fourth-order valence-corrected chi connectivity index (χ4v) is 1.98. The Morgan fingerprint density at radius 3 is 2.14 bits per heavy atom. The van der Waals surface area contributed by atoms with Crippen molar-refractivity contribution in [3.63, 3.8) is 0 Å². The smallest absolute Gasteiger partial charge is 0.149 e. The van der Waals surface area contributed by atoms with Crippen LogP contribution in [0.2, 0.25) is 0 Å². The number of rotatable bonds is 2. The Hall–Kier alpha value is -0.990. The molecule has 0 bridgehead atoms. The van der Waals surface area contributed by atoms with Crippen molar-refractivity contribution in [1.82, 2.24) is 0 Å². The van der Waals surface area contributed by atoms with Gasteiger partial charge in [-0.3, -0.25) is 9.59 Å². The molecule has 0 aromatic heterocycles. The lowest BCUT2D eigenvalue weighted by Crippen LogP contribution is -2.41. The van der Waals surface area contributed by atoms with E-state index < -0.39 is 5.92 Å². The summed E-state index contributed by atoms with van der Waals surface area (Å²) in [6, 6.07) is 0. The average molecular weight is 195 g/mol. The van der Waals surface area contributed by atoms with Crippen molar-refractivity contribution in [2.24, 2.45) is 11.3 Å². The summed E-state index contributed by atoms with van der Waals surface area (Å²) in [4.78, 5) is 23.3. The standard InChI is InChI=1S/C11H17NO2/c1-4-7(12)10-8(13)5-11(2,3)6-9(10)14/h10,12H,4-6H2,1-3H3. The molecule has 3 heteroatoms. The molecule has 0 unspecified atom stereocenters. The van der Waals surface area contributed by atoms with Gasteiger partial charge in [-0.2, -0.15) is 0 Å². The third-order valence-corrected chi connectivity index (χ3v) is 2.68. The molecule has 3 nitrogen and oxygen atoms in total. The SMILES string of the molecule is CCC(=N)C1C(=O)CC(C)(C)CC1=O. The third kappa shape index (κ3) is 2.08. The van der Waals surface area contributed by atoms with Crippen LogP contribution in [0.25, 0.3) is 0 Å². The van der Waals surface area contributed by atoms with Crippen molar-refractivity contribution in [3.05, 3.63) is 0 Å². The molecule has 0 heterocycles. The fourth-order valence-electron chi connectivity index (χ4n) is 1.98. The Morgan fingerprint density at radius 2 is 1.79 bits per heavy atom. The molecule has 78 valence electrons. The van der Waals surface area contributed by atoms with Crippen molar-refractivity contribution < 1.29 is 9.59 Å². The highest BCUT2D eigenvalue weighted by atomic mass is 16.2. The zero-order valence-corrected chi connectivity index (χ0v) is 9.02. The zero-order chi connectivity index (χ0) is 10.9. The van der Waals surface area contributed by atoms with Crippen LogP contribution in [0.4, 0.5) is 0 Å². The average Bonchev–Trinajstić information content (AvgIpc) is 1.99. The van der Waals surface area contributed by atoms with Gasteiger partial charge in [-0.15, -0.1) is 0 Å². The van der Waals surface area contributed by atoms with E-state index in [9.17, 15) is 9.59 Å². The second-order valence-corrected chi connectivity index (χ2v) is 4.76. The minimum Gasteiger partial charge on any atom is -0.308 e. The molecular formula is C11H17NO2. The summed E-state index contributed by atoms with van der Waals surface area (Å²) in [6.07, 6.45) is 1.33. The van der Waals surface area contributed by atoms with Gasteiger partial charge in [0.2, 0.25) is 0 Å². The van der Waals surface area contributed by atoms with Crippen LogP contribution in [0.5, 0.6) is 0 Å². The minimum absolute atomic E-state index is 0.0712. The summed E-state index contributed by atoms with van der Waals surface area (Å²) in [7, 11) is 0. The molecular weight excluding hydrogens is 178 g/mol. The van der Waals surface area contributed by atoms with Crippen LogP contribution in [-0.4, -0.2) is 17.3 Å². The lowest BCUT2D eigenvalue weighted by molar-refractivity contribution is -0.136. The summed E-state index contributed by atoms with van der Waals surface area (Å²) in [6.45, 7) is 5.66. The van der Waals surface area contributed by atoms with E-state index in [0.717, 1.165) is 0 Å². The Bertz CT molecular complexity index is 272. The monoisotopic (exact) mass is 195 g/mol. The predicted octanol–water partition coefficient (Wildman–Crippen LogP) is 1.99. The van der Waals surface area contributed by atoms with Crippen molar-refractivity contribution in [2.75, 3.05) is 0 Å². The van der Waals surface area contributed by atoms with Crippen molar-refractivity contribution in [3.8, 4) is 0 Å². The summed E-state index contributed by atoms with van der Waals surface area (Å²) >= 11 is 0. The highest BCUT2D eigenvalue weighted by Crippen LogP contribution is 2.34. The van der Waals surface area contributed by atoms with Crippen LogP contribution in [0, 0.1) is 16.7 Å². The number of ketones is 2. The summed E-state index contributed by atoms with van der Waals surface area (Å²) in [5.41, 5.74) is 0.0640. The highest BCUT2D eigenvalue weighted by Gasteiger charge is 2.40. The molecule has 0 radical (unpaired) electrons. The van der Waals surface area contributed by atoms with Crippen molar-refractivity contribution in [2.45, 2.75) is 40.0 Å². The van der Waals surface area contributed by atoms with Gasteiger partial charge >= 0.3 is 0 Å². The second-order valence-electron chi connectivity index (χ2n) is 4.76. The summed E-state index contributed by atoms with van der Waals surface area (Å²) in [5.74, 6) is -0.871. The highest BCUT2D eigenvalue weighted by molar-refractivity contribution is 6.21. The van der Waals surface area contributed by atoms with Gasteiger partial charge < -0.3 is 5.41 Å². The molecule has 0 aliphatic heterocycles. The summed E-state index contributed by atoms with van der Waals surface area (Å²) < 4.78 is 0. The number of nitrogens with one attached hydrogen (secondary N) is 1. The number of carbonyl (C=O) groups is 2. The number of hydrogen-bond donors (Lipinski definition) is 1. The van der Waals surface area contributed by atoms with E-state index >= 15 is 0 Å². The zero-order valence-electron chi connectivity index (χ0n) is 9.02. The van der Waals surface area contributed by atoms with E-state index in [2.05, 4.69) is 0 Å². The van der Waals surface area contributed by atoms with Crippen molar-refractivity contribution in [1.29, 1.82) is 5.41 Å². The minimum atomic E-state index is -0.729. The first-order chi connectivity index (χ1) is 6.37. The van der Waals surface area contributed by atoms with Gasteiger partial charge in [0.25, 0.3) is 0 Å². The molecule has 0 spiro atoms. The molecule has 0 saturated heterocycles. The molecule has 1 aliphatic rings. The first-order valence-corrected chi connectivity index (χ1v) is 5.00. The Morgan fingerprint density at radius 1 is 1.36 bits per heavy atom. The molecule has 1 saturated carbocycles. The van der Waals surface area contributed by atoms with E-state index in [0.29, 0.717) is 19.3 Å². The lowest BCUT2D eigenvalue weighted by atomic mass is 9.70. The van der Waals surface area contributed by atoms with Gasteiger partial charge in [-0.1, -0.05) is 20.8 Å². The fraction of sp³-hybridized carbons (Fsp3) is 0.727. The van der Waals surface area contributed by atoms with Crippen LogP contribution >= 0.6 is 0 Å². The van der Waals surface area contributed by atoms with Gasteiger partial charge in [-0.05, 0) is 11.8 Å². The summed E-state index contributed by atoms with van der Waals surface area (Å²) in [5, 5.41) is 7.58. The van der Waals surface area contributed by atoms with Gasteiger partial charge in [0, 0.05) is 18.6 Å². The van der Waals surface area contributed by atoms with Gasteiger partial charge in [0.1, 0.15) is 17.5 Å². The third-order valence-electron chi connectivity index (χ3n) is 2.68. The molecule has 14 heavy (non-hydrogen) atoms. The first kappa shape index (κ1) is 11.1. The number of carbonyl (C=O) groups excluding carboxylic acids is 2. The Balaban J connectivity index is 2.87. The predicted molar refractivity (Wildman–Crippen MR) is 54.5 cm³/mol. The normalized spacial score (nSPS) is 22.5. The molecule has 1 aliphatic carbocycles. The van der Waals surface area contributed by atoms with E-state index in [-0.39, 0.29) is 22.7 Å². The van der Waals surface area contributed by atoms with Gasteiger partial charge in [0.15, 0.2) is 0 Å². The maximum absolute atomic E-state index is 11.7. The Labute approximate surface area is 84.4 Å². The van der Waals surface area contributed by atoms with Gasteiger partial charge in [0.05, 0.1) is 0 Å². The quantitative estimate of drug-likeness (QED) is 0.541. The molecule has 0 amide bonds. The van der Waals surface area contributed by atoms with Crippen LogP contribution in [-0.2, 0) is 9.59 Å². The van der Waals surface area contributed by atoms with E-state index in [1.165, 1.54) is 0 Å². The molecule has 0 aromatic rings. The van der Waals surface area contributed by atoms with Crippen LogP contribution in [0.1, 0.15) is 40.0 Å². The molecule has 0 atom stereocenters. The van der Waals surface area contributed by atoms with Crippen molar-refractivity contribution >= 4 is 17.3 Å². The molecule has 1 fully saturated rings. The van der Waals surface area contributed by atoms with E-state index in [1.807, 2.05) is 20.8 Å². The van der Waals surface area contributed by atoms with Crippen LogP contribution < -0.4 is 0 Å². The number of Topliss-reactive ketones (excluding diaryl/α,β-unsaturated/α-hetero) is 2. The molecule has 1 N–H and O–H groups in total. The lowest BCUT2D eigenvalue weighted by Gasteiger charge is -2.31.